The van der Waals surface area contributed by atoms with Crippen LogP contribution in [0.2, 0.25) is 0 Å². The van der Waals surface area contributed by atoms with E-state index < -0.39 is 26.0 Å². The third kappa shape index (κ3) is 6.33. The van der Waals surface area contributed by atoms with Crippen molar-refractivity contribution in [3.05, 3.63) is 101 Å². The Kier molecular flexibility index (Phi) is 7.46. The van der Waals surface area contributed by atoms with Crippen molar-refractivity contribution >= 4 is 43.3 Å². The van der Waals surface area contributed by atoms with E-state index >= 15 is 0 Å². The molecule has 3 N–H and O–H groups in total. The van der Waals surface area contributed by atoms with Crippen LogP contribution < -0.4 is 14.8 Å². The Morgan fingerprint density at radius 2 is 1.26 bits per heavy atom. The molecule has 4 rings (SSSR count). The third-order valence-corrected chi connectivity index (χ3v) is 8.15. The minimum atomic E-state index is -3.95. The fraction of sp³-hybridized carbons (Fsp3) is 0.115. The highest BCUT2D eigenvalue weighted by Crippen LogP contribution is 2.23. The first-order valence-corrected chi connectivity index (χ1v) is 14.3. The van der Waals surface area contributed by atoms with Crippen LogP contribution in [0.15, 0.2) is 88.7 Å². The summed E-state index contributed by atoms with van der Waals surface area (Å²) in [5, 5.41) is 2.69. The molecular weight excluding hydrogens is 526 g/mol. The number of amides is 1. The van der Waals surface area contributed by atoms with Crippen LogP contribution in [0.4, 0.5) is 17.3 Å². The normalized spacial score (nSPS) is 11.6. The van der Waals surface area contributed by atoms with Gasteiger partial charge in [0, 0.05) is 22.6 Å². The molecule has 0 atom stereocenters. The van der Waals surface area contributed by atoms with Gasteiger partial charge in [0.05, 0.1) is 15.5 Å². The summed E-state index contributed by atoms with van der Waals surface area (Å²) in [6.07, 6.45) is 0. The quantitative estimate of drug-likeness (QED) is 0.296. The predicted molar refractivity (Wildman–Crippen MR) is 145 cm³/mol. The number of hydrogen-bond donors (Lipinski definition) is 3. The van der Waals surface area contributed by atoms with Gasteiger partial charge in [-0.3, -0.25) is 9.52 Å². The first-order valence-electron chi connectivity index (χ1n) is 11.4. The van der Waals surface area contributed by atoms with Crippen LogP contribution in [0.3, 0.4) is 0 Å². The zero-order valence-electron chi connectivity index (χ0n) is 20.8. The van der Waals surface area contributed by atoms with Gasteiger partial charge in [-0.2, -0.15) is 0 Å². The first kappa shape index (κ1) is 26.8. The Morgan fingerprint density at radius 1 is 0.684 bits per heavy atom. The minimum Gasteiger partial charge on any atom is -0.322 e. The molecule has 0 bridgehead atoms. The molecule has 0 aliphatic carbocycles. The van der Waals surface area contributed by atoms with Gasteiger partial charge >= 0.3 is 0 Å². The van der Waals surface area contributed by atoms with Crippen LogP contribution in [0.5, 0.6) is 0 Å². The lowest BCUT2D eigenvalue weighted by atomic mass is 10.1. The molecule has 12 heteroatoms. The maximum Gasteiger partial charge on any atom is 0.264 e. The van der Waals surface area contributed by atoms with Crippen LogP contribution in [0.1, 0.15) is 27.3 Å². The monoisotopic (exact) mass is 551 g/mol. The molecule has 10 nitrogen and oxygen atoms in total. The van der Waals surface area contributed by atoms with Gasteiger partial charge in [-0.25, -0.2) is 31.5 Å². The van der Waals surface area contributed by atoms with Gasteiger partial charge in [-0.1, -0.05) is 24.3 Å². The van der Waals surface area contributed by atoms with Gasteiger partial charge in [0.2, 0.25) is 5.95 Å². The molecule has 0 saturated heterocycles. The van der Waals surface area contributed by atoms with Crippen LogP contribution in [-0.4, -0.2) is 32.7 Å². The van der Waals surface area contributed by atoms with Crippen molar-refractivity contribution in [3.8, 4) is 0 Å². The van der Waals surface area contributed by atoms with E-state index in [1.165, 1.54) is 42.5 Å². The second kappa shape index (κ2) is 10.6. The summed E-state index contributed by atoms with van der Waals surface area (Å²) in [5.74, 6) is -0.527. The second-order valence-corrected chi connectivity index (χ2v) is 11.9. The molecule has 1 aromatic heterocycles. The van der Waals surface area contributed by atoms with Crippen molar-refractivity contribution in [2.75, 3.05) is 14.8 Å². The molecule has 0 spiro atoms. The van der Waals surface area contributed by atoms with Crippen LogP contribution >= 0.6 is 0 Å². The highest BCUT2D eigenvalue weighted by Gasteiger charge is 2.18. The van der Waals surface area contributed by atoms with Gasteiger partial charge in [0.25, 0.3) is 26.0 Å². The highest BCUT2D eigenvalue weighted by molar-refractivity contribution is 7.93. The fourth-order valence-corrected chi connectivity index (χ4v) is 5.63. The van der Waals surface area contributed by atoms with Crippen molar-refractivity contribution in [1.29, 1.82) is 0 Å². The Bertz CT molecular complexity index is 1690. The molecule has 1 amide bonds. The average molecular weight is 552 g/mol. The summed E-state index contributed by atoms with van der Waals surface area (Å²) in [6, 6.07) is 19.9. The Hall–Kier alpha value is -4.29. The van der Waals surface area contributed by atoms with Crippen molar-refractivity contribution in [3.63, 3.8) is 0 Å². The molecule has 0 radical (unpaired) electrons. The second-order valence-electron chi connectivity index (χ2n) is 8.51. The number of benzene rings is 3. The van der Waals surface area contributed by atoms with Crippen LogP contribution in [0.25, 0.3) is 0 Å². The number of rotatable bonds is 8. The van der Waals surface area contributed by atoms with E-state index in [-0.39, 0.29) is 27.0 Å². The maximum absolute atomic E-state index is 12.9. The number of hydrogen-bond acceptors (Lipinski definition) is 7. The standard InChI is InChI=1S/C26H25N5O5S2/c1-17-9-10-20(16-24(17)30-37(33,34)22-7-5-4-6-8-22)25(32)29-21-11-13-23(14-12-21)38(35,36)31-26-27-18(2)15-19(3)28-26/h4-16,30H,1-3H3,(H,29,32)(H,27,28,31). The van der Waals surface area contributed by atoms with E-state index in [2.05, 4.69) is 24.7 Å². The largest absolute Gasteiger partial charge is 0.322 e. The topological polar surface area (TPSA) is 147 Å². The smallest absolute Gasteiger partial charge is 0.264 e. The van der Waals surface area contributed by atoms with Gasteiger partial charge < -0.3 is 5.32 Å². The predicted octanol–water partition coefficient (Wildman–Crippen LogP) is 4.26. The number of carbonyl (C=O) groups is 1. The molecule has 0 fully saturated rings. The van der Waals surface area contributed by atoms with E-state index in [4.69, 9.17) is 0 Å². The molecule has 0 aliphatic heterocycles. The van der Waals surface area contributed by atoms with Crippen LogP contribution in [0, 0.1) is 20.8 Å². The molecule has 1 heterocycles. The highest BCUT2D eigenvalue weighted by atomic mass is 32.2. The fourth-order valence-electron chi connectivity index (χ4n) is 3.55. The molecule has 3 aromatic carbocycles. The summed E-state index contributed by atoms with van der Waals surface area (Å²) in [5.41, 5.74) is 2.72. The Labute approximate surface area is 221 Å². The van der Waals surface area contributed by atoms with E-state index in [1.807, 2.05) is 0 Å². The molecular formula is C26H25N5O5S2. The van der Waals surface area contributed by atoms with Crippen LogP contribution in [-0.2, 0) is 20.0 Å². The van der Waals surface area contributed by atoms with Crippen molar-refractivity contribution in [1.82, 2.24) is 9.97 Å². The summed E-state index contributed by atoms with van der Waals surface area (Å²) in [6.45, 7) is 5.19. The maximum atomic E-state index is 12.9. The number of nitrogens with one attached hydrogen (secondary N) is 3. The molecule has 0 unspecified atom stereocenters. The van der Waals surface area contributed by atoms with Gasteiger partial charge in [-0.05, 0) is 80.9 Å². The SMILES string of the molecule is Cc1cc(C)nc(NS(=O)(=O)c2ccc(NC(=O)c3ccc(C)c(NS(=O)(=O)c4ccccc4)c3)cc2)n1. The minimum absolute atomic E-state index is 0.0297. The lowest BCUT2D eigenvalue weighted by molar-refractivity contribution is 0.102. The van der Waals surface area contributed by atoms with E-state index in [1.54, 1.807) is 57.2 Å². The molecule has 196 valence electrons. The van der Waals surface area contributed by atoms with Crippen molar-refractivity contribution in [2.24, 2.45) is 0 Å². The molecule has 38 heavy (non-hydrogen) atoms. The lowest BCUT2D eigenvalue weighted by Crippen LogP contribution is -2.17. The zero-order valence-corrected chi connectivity index (χ0v) is 22.4. The summed E-state index contributed by atoms with van der Waals surface area (Å²) in [4.78, 5) is 21.1. The molecule has 0 aliphatic rings. The third-order valence-electron chi connectivity index (χ3n) is 5.43. The zero-order chi connectivity index (χ0) is 27.5. The van der Waals surface area contributed by atoms with Gasteiger partial charge in [0.1, 0.15) is 0 Å². The number of carbonyl (C=O) groups excluding carboxylic acids is 1. The Morgan fingerprint density at radius 3 is 1.89 bits per heavy atom. The summed E-state index contributed by atoms with van der Waals surface area (Å²) < 4.78 is 55.8. The van der Waals surface area contributed by atoms with Crippen molar-refractivity contribution in [2.45, 2.75) is 30.6 Å². The van der Waals surface area contributed by atoms with E-state index in [9.17, 15) is 21.6 Å². The van der Waals surface area contributed by atoms with Gasteiger partial charge in [0.15, 0.2) is 0 Å². The number of nitrogens with zero attached hydrogens (tertiary/aromatic N) is 2. The van der Waals surface area contributed by atoms with Gasteiger partial charge in [-0.15, -0.1) is 0 Å². The average Bonchev–Trinajstić information content (AvgIpc) is 2.85. The number of anilines is 3. The molecule has 4 aromatic rings. The Balaban J connectivity index is 1.48. The first-order chi connectivity index (χ1) is 17.9. The number of aryl methyl sites for hydroxylation is 3. The number of sulfonamides is 2. The van der Waals surface area contributed by atoms with E-state index in [0.717, 1.165) is 0 Å². The lowest BCUT2D eigenvalue weighted by Gasteiger charge is -2.13. The summed E-state index contributed by atoms with van der Waals surface area (Å²) >= 11 is 0. The van der Waals surface area contributed by atoms with Crippen molar-refractivity contribution < 1.29 is 21.6 Å². The number of aromatic nitrogens is 2. The molecule has 0 saturated carbocycles. The van der Waals surface area contributed by atoms with E-state index in [0.29, 0.717) is 22.6 Å². The summed E-state index contributed by atoms with van der Waals surface area (Å²) in [7, 11) is -7.78.